The van der Waals surface area contributed by atoms with Gasteiger partial charge in [-0.2, -0.15) is 0 Å². The van der Waals surface area contributed by atoms with Crippen LogP contribution >= 0.6 is 0 Å². The van der Waals surface area contributed by atoms with Crippen molar-refractivity contribution in [2.24, 2.45) is 0 Å². The van der Waals surface area contributed by atoms with E-state index in [1.165, 1.54) is 31.2 Å². The number of halogens is 2. The normalized spacial score (nSPS) is 10.1. The third-order valence-corrected chi connectivity index (χ3v) is 3.01. The van der Waals surface area contributed by atoms with Crippen LogP contribution in [0.5, 0.6) is 5.75 Å². The number of carbonyl (C=O) groups excluding carboxylic acids is 2. The van der Waals surface area contributed by atoms with E-state index in [0.717, 1.165) is 6.07 Å². The van der Waals surface area contributed by atoms with Gasteiger partial charge in [0.05, 0.1) is 12.2 Å². The average molecular weight is 334 g/mol. The van der Waals surface area contributed by atoms with Gasteiger partial charge >= 0.3 is 0 Å². The molecule has 7 heteroatoms. The van der Waals surface area contributed by atoms with E-state index >= 15 is 0 Å². The van der Waals surface area contributed by atoms with E-state index < -0.39 is 11.7 Å². The maximum absolute atomic E-state index is 14.0. The van der Waals surface area contributed by atoms with Crippen molar-refractivity contribution >= 4 is 17.5 Å². The Morgan fingerprint density at radius 2 is 1.92 bits per heavy atom. The van der Waals surface area contributed by atoms with Crippen LogP contribution < -0.4 is 15.4 Å². The molecule has 0 aliphatic rings. The number of rotatable bonds is 6. The number of ether oxygens (including phenoxy) is 1. The van der Waals surface area contributed by atoms with Crippen molar-refractivity contribution in [2.75, 3.05) is 11.9 Å². The number of benzene rings is 2. The topological polar surface area (TPSA) is 67.4 Å². The zero-order valence-electron chi connectivity index (χ0n) is 12.9. The molecule has 0 saturated heterocycles. The van der Waals surface area contributed by atoms with Gasteiger partial charge in [0.2, 0.25) is 11.8 Å². The highest BCUT2D eigenvalue weighted by atomic mass is 19.1. The highest BCUT2D eigenvalue weighted by Gasteiger charge is 2.09. The molecule has 0 aromatic heterocycles. The summed E-state index contributed by atoms with van der Waals surface area (Å²) < 4.78 is 32.4. The lowest BCUT2D eigenvalue weighted by Crippen LogP contribution is -2.31. The molecule has 0 fully saturated rings. The van der Waals surface area contributed by atoms with E-state index in [1.807, 2.05) is 0 Å². The summed E-state index contributed by atoms with van der Waals surface area (Å²) in [4.78, 5) is 22.3. The largest absolute Gasteiger partial charge is 0.489 e. The lowest BCUT2D eigenvalue weighted by Gasteiger charge is -2.10. The Bertz CT molecular complexity index is 750. The van der Waals surface area contributed by atoms with Crippen molar-refractivity contribution in [3.8, 4) is 5.75 Å². The number of hydrogen-bond donors (Lipinski definition) is 2. The van der Waals surface area contributed by atoms with E-state index in [9.17, 15) is 18.4 Å². The summed E-state index contributed by atoms with van der Waals surface area (Å²) in [7, 11) is 0. The first-order chi connectivity index (χ1) is 11.4. The summed E-state index contributed by atoms with van der Waals surface area (Å²) in [5.74, 6) is -1.71. The number of hydrogen-bond acceptors (Lipinski definition) is 3. The number of nitrogens with one attached hydrogen (secondary N) is 2. The van der Waals surface area contributed by atoms with Crippen molar-refractivity contribution < 1.29 is 23.1 Å². The monoisotopic (exact) mass is 334 g/mol. The molecule has 5 nitrogen and oxygen atoms in total. The summed E-state index contributed by atoms with van der Waals surface area (Å²) in [6.07, 6.45) is 0. The van der Waals surface area contributed by atoms with Gasteiger partial charge in [0.15, 0.2) is 0 Å². The standard InChI is InChI=1S/C17H16F2N2O3/c1-11(22)20-9-17(23)21-16-6-5-14(8-15(16)19)24-10-12-3-2-4-13(18)7-12/h2-8H,9-10H2,1H3,(H,20,22)(H,21,23). The fraction of sp³-hybridized carbons (Fsp3) is 0.176. The molecule has 0 heterocycles. The Morgan fingerprint density at radius 1 is 1.12 bits per heavy atom. The molecule has 0 atom stereocenters. The minimum absolute atomic E-state index is 0.0246. The van der Waals surface area contributed by atoms with Crippen molar-refractivity contribution in [3.63, 3.8) is 0 Å². The van der Waals surface area contributed by atoms with Crippen LogP contribution in [-0.4, -0.2) is 18.4 Å². The Kier molecular flexibility index (Phi) is 5.83. The first kappa shape index (κ1) is 17.4. The van der Waals surface area contributed by atoms with Crippen LogP contribution in [0.2, 0.25) is 0 Å². The highest BCUT2D eigenvalue weighted by Crippen LogP contribution is 2.21. The molecular weight excluding hydrogens is 318 g/mol. The first-order valence-corrected chi connectivity index (χ1v) is 7.15. The molecule has 24 heavy (non-hydrogen) atoms. The molecule has 2 amide bonds. The second kappa shape index (κ2) is 8.05. The van der Waals surface area contributed by atoms with Crippen molar-refractivity contribution in [1.82, 2.24) is 5.32 Å². The Balaban J connectivity index is 1.94. The Hall–Kier alpha value is -2.96. The fourth-order valence-electron chi connectivity index (χ4n) is 1.88. The van der Waals surface area contributed by atoms with Gasteiger partial charge in [-0.1, -0.05) is 12.1 Å². The van der Waals surface area contributed by atoms with Crippen LogP contribution in [0.15, 0.2) is 42.5 Å². The quantitative estimate of drug-likeness (QED) is 0.853. The number of anilines is 1. The van der Waals surface area contributed by atoms with Crippen molar-refractivity contribution in [2.45, 2.75) is 13.5 Å². The maximum atomic E-state index is 14.0. The fourth-order valence-corrected chi connectivity index (χ4v) is 1.88. The molecule has 0 saturated carbocycles. The predicted octanol–water partition coefficient (Wildman–Crippen LogP) is 2.62. The van der Waals surface area contributed by atoms with Gasteiger partial charge in [-0.25, -0.2) is 8.78 Å². The van der Waals surface area contributed by atoms with Crippen LogP contribution in [0.25, 0.3) is 0 Å². The van der Waals surface area contributed by atoms with Crippen LogP contribution in [-0.2, 0) is 16.2 Å². The molecular formula is C17H16F2N2O3. The zero-order chi connectivity index (χ0) is 17.5. The van der Waals surface area contributed by atoms with E-state index in [4.69, 9.17) is 4.74 Å². The third kappa shape index (κ3) is 5.35. The van der Waals surface area contributed by atoms with Crippen LogP contribution in [0.4, 0.5) is 14.5 Å². The molecule has 0 aliphatic carbocycles. The van der Waals surface area contributed by atoms with Gasteiger partial charge < -0.3 is 15.4 Å². The lowest BCUT2D eigenvalue weighted by atomic mass is 10.2. The van der Waals surface area contributed by atoms with E-state index in [-0.39, 0.29) is 36.3 Å². The van der Waals surface area contributed by atoms with Gasteiger partial charge in [-0.05, 0) is 29.8 Å². The highest BCUT2D eigenvalue weighted by molar-refractivity contribution is 5.94. The summed E-state index contributed by atoms with van der Waals surface area (Å²) in [5.41, 5.74) is 0.589. The third-order valence-electron chi connectivity index (χ3n) is 3.01. The molecule has 2 N–H and O–H groups in total. The van der Waals surface area contributed by atoms with Gasteiger partial charge in [0.1, 0.15) is 24.0 Å². The summed E-state index contributed by atoms with van der Waals surface area (Å²) in [6, 6.07) is 9.85. The molecule has 0 spiro atoms. The van der Waals surface area contributed by atoms with E-state index in [1.54, 1.807) is 12.1 Å². The van der Waals surface area contributed by atoms with Gasteiger partial charge in [0, 0.05) is 13.0 Å². The Morgan fingerprint density at radius 3 is 2.58 bits per heavy atom. The number of amides is 2. The molecule has 0 bridgehead atoms. The average Bonchev–Trinajstić information content (AvgIpc) is 2.53. The molecule has 0 unspecified atom stereocenters. The van der Waals surface area contributed by atoms with Crippen molar-refractivity contribution in [3.05, 3.63) is 59.7 Å². The van der Waals surface area contributed by atoms with E-state index in [0.29, 0.717) is 5.56 Å². The molecule has 2 aromatic rings. The molecule has 2 rings (SSSR count). The second-order valence-electron chi connectivity index (χ2n) is 5.02. The van der Waals surface area contributed by atoms with Gasteiger partial charge in [0.25, 0.3) is 0 Å². The van der Waals surface area contributed by atoms with E-state index in [2.05, 4.69) is 10.6 Å². The van der Waals surface area contributed by atoms with Crippen LogP contribution in [0.1, 0.15) is 12.5 Å². The summed E-state index contributed by atoms with van der Waals surface area (Å²) in [6.45, 7) is 1.12. The summed E-state index contributed by atoms with van der Waals surface area (Å²) >= 11 is 0. The summed E-state index contributed by atoms with van der Waals surface area (Å²) in [5, 5.41) is 4.65. The van der Waals surface area contributed by atoms with Gasteiger partial charge in [-0.15, -0.1) is 0 Å². The predicted molar refractivity (Wildman–Crippen MR) is 84.4 cm³/mol. The minimum Gasteiger partial charge on any atom is -0.489 e. The smallest absolute Gasteiger partial charge is 0.243 e. The molecule has 126 valence electrons. The molecule has 2 aromatic carbocycles. The van der Waals surface area contributed by atoms with Crippen LogP contribution in [0.3, 0.4) is 0 Å². The second-order valence-corrected chi connectivity index (χ2v) is 5.02. The lowest BCUT2D eigenvalue weighted by molar-refractivity contribution is -0.122. The maximum Gasteiger partial charge on any atom is 0.243 e. The zero-order valence-corrected chi connectivity index (χ0v) is 12.9. The SMILES string of the molecule is CC(=O)NCC(=O)Nc1ccc(OCc2cccc(F)c2)cc1F. The minimum atomic E-state index is -0.678. The number of carbonyl (C=O) groups is 2. The van der Waals surface area contributed by atoms with Crippen molar-refractivity contribution in [1.29, 1.82) is 0 Å². The molecule has 0 aliphatic heterocycles. The van der Waals surface area contributed by atoms with Gasteiger partial charge in [-0.3, -0.25) is 9.59 Å². The molecule has 0 radical (unpaired) electrons. The van der Waals surface area contributed by atoms with Crippen LogP contribution in [0, 0.1) is 11.6 Å². The first-order valence-electron chi connectivity index (χ1n) is 7.15. The Labute approximate surface area is 137 Å².